The van der Waals surface area contributed by atoms with Crippen molar-refractivity contribution in [3.05, 3.63) is 29.8 Å². The number of rotatable bonds is 6. The van der Waals surface area contributed by atoms with Gasteiger partial charge in [-0.05, 0) is 37.5 Å². The smallest absolute Gasteiger partial charge is 0.0642 e. The van der Waals surface area contributed by atoms with Crippen LogP contribution < -0.4 is 10.2 Å². The molecule has 21 heavy (non-hydrogen) atoms. The lowest BCUT2D eigenvalue weighted by Crippen LogP contribution is -2.45. The Hall–Kier alpha value is -1.10. The van der Waals surface area contributed by atoms with Crippen LogP contribution in [0, 0.1) is 0 Å². The Morgan fingerprint density at radius 3 is 2.57 bits per heavy atom. The molecule has 0 spiro atoms. The van der Waals surface area contributed by atoms with E-state index in [4.69, 9.17) is 9.47 Å². The molecule has 4 heteroatoms. The highest BCUT2D eigenvalue weighted by atomic mass is 16.5. The monoisotopic (exact) mass is 290 g/mol. The highest BCUT2D eigenvalue weighted by Crippen LogP contribution is 2.24. The molecular formula is C17H26N2O2. The van der Waals surface area contributed by atoms with Gasteiger partial charge in [0.15, 0.2) is 0 Å². The van der Waals surface area contributed by atoms with E-state index < -0.39 is 0 Å². The zero-order valence-corrected chi connectivity index (χ0v) is 12.9. The minimum atomic E-state index is 0.483. The molecule has 0 atom stereocenters. The molecule has 2 fully saturated rings. The molecule has 1 aromatic carbocycles. The second-order valence-electron chi connectivity index (χ2n) is 5.89. The second-order valence-corrected chi connectivity index (χ2v) is 5.89. The highest BCUT2D eigenvalue weighted by Gasteiger charge is 2.28. The topological polar surface area (TPSA) is 33.7 Å². The van der Waals surface area contributed by atoms with Crippen molar-refractivity contribution in [1.29, 1.82) is 0 Å². The Morgan fingerprint density at radius 1 is 1.19 bits per heavy atom. The van der Waals surface area contributed by atoms with E-state index in [-0.39, 0.29) is 0 Å². The van der Waals surface area contributed by atoms with Crippen molar-refractivity contribution in [3.8, 4) is 0 Å². The summed E-state index contributed by atoms with van der Waals surface area (Å²) in [6.07, 6.45) is 2.79. The second kappa shape index (κ2) is 7.25. The van der Waals surface area contributed by atoms with Crippen LogP contribution in [0.4, 0.5) is 5.69 Å². The van der Waals surface area contributed by atoms with Crippen LogP contribution in [0.2, 0.25) is 0 Å². The van der Waals surface area contributed by atoms with Crippen LogP contribution in [0.5, 0.6) is 0 Å². The Labute approximate surface area is 127 Å². The number of hydrogen-bond donors (Lipinski definition) is 1. The van der Waals surface area contributed by atoms with E-state index in [1.807, 2.05) is 0 Å². The largest absolute Gasteiger partial charge is 0.378 e. The predicted octanol–water partition coefficient (Wildman–Crippen LogP) is 2.18. The van der Waals surface area contributed by atoms with E-state index in [1.54, 1.807) is 0 Å². The molecule has 2 aliphatic rings. The number of hydrogen-bond acceptors (Lipinski definition) is 4. The fraction of sp³-hybridized carbons (Fsp3) is 0.647. The van der Waals surface area contributed by atoms with Gasteiger partial charge in [0.2, 0.25) is 0 Å². The molecule has 0 amide bonds. The lowest BCUT2D eigenvalue weighted by molar-refractivity contribution is -0.0102. The fourth-order valence-corrected chi connectivity index (χ4v) is 3.01. The highest BCUT2D eigenvalue weighted by molar-refractivity contribution is 5.47. The maximum Gasteiger partial charge on any atom is 0.0642 e. The third-order valence-corrected chi connectivity index (χ3v) is 4.40. The Morgan fingerprint density at radius 2 is 1.90 bits per heavy atom. The van der Waals surface area contributed by atoms with Gasteiger partial charge < -0.3 is 19.7 Å². The number of ether oxygens (including phenoxy) is 2. The van der Waals surface area contributed by atoms with Gasteiger partial charge in [-0.3, -0.25) is 0 Å². The molecule has 1 N–H and O–H groups in total. The maximum absolute atomic E-state index is 5.59. The summed E-state index contributed by atoms with van der Waals surface area (Å²) in [6.45, 7) is 7.53. The molecule has 1 aromatic rings. The van der Waals surface area contributed by atoms with Gasteiger partial charge in [-0.1, -0.05) is 12.1 Å². The van der Waals surface area contributed by atoms with Crippen LogP contribution >= 0.6 is 0 Å². The average molecular weight is 290 g/mol. The van der Waals surface area contributed by atoms with Gasteiger partial charge in [0.05, 0.1) is 19.3 Å². The minimum absolute atomic E-state index is 0.483. The van der Waals surface area contributed by atoms with Crippen LogP contribution in [0.15, 0.2) is 24.3 Å². The van der Waals surface area contributed by atoms with E-state index in [1.165, 1.54) is 11.3 Å². The standard InChI is InChI=1S/C17H26N2O2/c1-2-21-17-11-15(12-17)18-13-14-3-5-16(6-4-14)19-7-9-20-10-8-19/h3-6,15,17-18H,2,7-13H2,1H3. The van der Waals surface area contributed by atoms with Gasteiger partial charge in [0, 0.05) is 38.0 Å². The number of anilines is 1. The number of morpholine rings is 1. The summed E-state index contributed by atoms with van der Waals surface area (Å²) in [7, 11) is 0. The summed E-state index contributed by atoms with van der Waals surface area (Å²) in [5.74, 6) is 0. The normalized spacial score (nSPS) is 25.7. The summed E-state index contributed by atoms with van der Waals surface area (Å²) >= 11 is 0. The van der Waals surface area contributed by atoms with Gasteiger partial charge in [-0.25, -0.2) is 0 Å². The van der Waals surface area contributed by atoms with Crippen LogP contribution in [0.3, 0.4) is 0 Å². The lowest BCUT2D eigenvalue weighted by atomic mass is 9.89. The molecule has 3 rings (SSSR count). The van der Waals surface area contributed by atoms with Crippen LogP contribution in [-0.2, 0) is 16.0 Å². The van der Waals surface area contributed by atoms with E-state index in [0.29, 0.717) is 12.1 Å². The Bertz CT molecular complexity index is 423. The number of benzene rings is 1. The van der Waals surface area contributed by atoms with E-state index in [9.17, 15) is 0 Å². The summed E-state index contributed by atoms with van der Waals surface area (Å²) < 4.78 is 11.0. The quantitative estimate of drug-likeness (QED) is 0.871. The fourth-order valence-electron chi connectivity index (χ4n) is 3.01. The van der Waals surface area contributed by atoms with Crippen LogP contribution in [-0.4, -0.2) is 45.1 Å². The number of nitrogens with one attached hydrogen (secondary N) is 1. The van der Waals surface area contributed by atoms with Crippen molar-refractivity contribution in [1.82, 2.24) is 5.32 Å². The van der Waals surface area contributed by atoms with Gasteiger partial charge in [-0.2, -0.15) is 0 Å². The van der Waals surface area contributed by atoms with Crippen molar-refractivity contribution in [2.24, 2.45) is 0 Å². The Balaban J connectivity index is 1.42. The molecule has 1 saturated heterocycles. The molecule has 1 saturated carbocycles. The molecular weight excluding hydrogens is 264 g/mol. The summed E-state index contributed by atoms with van der Waals surface area (Å²) in [5.41, 5.74) is 2.66. The first kappa shape index (κ1) is 14.8. The summed E-state index contributed by atoms with van der Waals surface area (Å²) in [6, 6.07) is 9.55. The van der Waals surface area contributed by atoms with E-state index in [0.717, 1.165) is 52.3 Å². The van der Waals surface area contributed by atoms with Gasteiger partial charge in [-0.15, -0.1) is 0 Å². The first-order valence-corrected chi connectivity index (χ1v) is 8.12. The van der Waals surface area contributed by atoms with E-state index in [2.05, 4.69) is 41.4 Å². The van der Waals surface area contributed by atoms with Gasteiger partial charge >= 0.3 is 0 Å². The number of nitrogens with zero attached hydrogens (tertiary/aromatic N) is 1. The first-order chi connectivity index (χ1) is 10.3. The zero-order chi connectivity index (χ0) is 14.5. The molecule has 4 nitrogen and oxygen atoms in total. The predicted molar refractivity (Wildman–Crippen MR) is 84.7 cm³/mol. The molecule has 0 bridgehead atoms. The molecule has 0 unspecified atom stereocenters. The lowest BCUT2D eigenvalue weighted by Gasteiger charge is -2.35. The van der Waals surface area contributed by atoms with Crippen molar-refractivity contribution < 1.29 is 9.47 Å². The van der Waals surface area contributed by atoms with Crippen molar-refractivity contribution >= 4 is 5.69 Å². The molecule has 0 aromatic heterocycles. The SMILES string of the molecule is CCOC1CC(NCc2ccc(N3CCOCC3)cc2)C1. The van der Waals surface area contributed by atoms with Crippen LogP contribution in [0.1, 0.15) is 25.3 Å². The maximum atomic E-state index is 5.59. The molecule has 1 aliphatic carbocycles. The minimum Gasteiger partial charge on any atom is -0.378 e. The van der Waals surface area contributed by atoms with E-state index >= 15 is 0 Å². The molecule has 0 radical (unpaired) electrons. The molecule has 1 aliphatic heterocycles. The van der Waals surface area contributed by atoms with Crippen molar-refractivity contribution in [2.75, 3.05) is 37.8 Å². The van der Waals surface area contributed by atoms with Crippen LogP contribution in [0.25, 0.3) is 0 Å². The molecule has 1 heterocycles. The van der Waals surface area contributed by atoms with Crippen molar-refractivity contribution in [2.45, 2.75) is 38.5 Å². The summed E-state index contributed by atoms with van der Waals surface area (Å²) in [5, 5.41) is 3.61. The first-order valence-electron chi connectivity index (χ1n) is 8.12. The summed E-state index contributed by atoms with van der Waals surface area (Å²) in [4.78, 5) is 2.39. The van der Waals surface area contributed by atoms with Gasteiger partial charge in [0.25, 0.3) is 0 Å². The Kier molecular flexibility index (Phi) is 5.12. The molecule has 116 valence electrons. The van der Waals surface area contributed by atoms with Gasteiger partial charge in [0.1, 0.15) is 0 Å². The van der Waals surface area contributed by atoms with Crippen molar-refractivity contribution in [3.63, 3.8) is 0 Å². The average Bonchev–Trinajstić information content (AvgIpc) is 2.51. The third kappa shape index (κ3) is 3.96. The third-order valence-electron chi connectivity index (χ3n) is 4.40. The zero-order valence-electron chi connectivity index (χ0n) is 12.9.